The number of aromatic amines is 4. The average Bonchev–Trinajstić information content (AvgIpc) is 4.51. The Morgan fingerprint density at radius 3 is 1.61 bits per heavy atom. The van der Waals surface area contributed by atoms with Gasteiger partial charge >= 0.3 is 0 Å². The van der Waals surface area contributed by atoms with E-state index in [-0.39, 0.29) is 137 Å². The van der Waals surface area contributed by atoms with Crippen LogP contribution in [-0.2, 0) is 44.1 Å². The van der Waals surface area contributed by atoms with Gasteiger partial charge in [-0.3, -0.25) is 39.0 Å². The van der Waals surface area contributed by atoms with E-state index in [2.05, 4.69) is 114 Å². The fraction of sp³-hybridized carbons (Fsp3) is 0.215. The number of nitro benzene ring substituents is 2. The molecule has 0 atom stereocenters. The monoisotopic (exact) mass is 1580 g/mol. The average molecular weight is 1590 g/mol. The van der Waals surface area contributed by atoms with Gasteiger partial charge in [0.2, 0.25) is 0 Å². The standard InChI is InChI=1S/C11H12N2O4.C11H10N2O4.C11H11NO2.C11H10O.C10H10.C9H9N.CH3F.CH4.2Ac/c2*1-6-2-3-8-10(11(6)13(16)17)7(4-14)9(5-15)12-8;1-7-2-3-10-8(4-7)9(5-13)11(6-14)12-10;1-8-2-3-10-5-9(7-12)6-11(10)4-8;1-8-5-6-9-3-2-4-10(9)7-8;1-7-2-3-9-8(6-7)4-5-10-9;1-2;;;/h2-3,12,14-15H,4-5H2,1H3;2-4,12,15H,5H2,1H3;2-5,12,14H,6H2,1H3;2-4,6-7H,5H2,1H3;2,4-7H,3H2,1H3;2-6,10H,1H3;1H3;1H4;;/i;;;;;;;1+1D;;. The Morgan fingerprint density at radius 1 is 0.565 bits per heavy atom. The van der Waals surface area contributed by atoms with Crippen LogP contribution < -0.4 is 0 Å². The molecule has 0 bridgehead atoms. The minimum atomic E-state index is -0.514. The van der Waals surface area contributed by atoms with Crippen molar-refractivity contribution in [3.8, 4) is 0 Å². The predicted molar refractivity (Wildman–Crippen MR) is 327 cm³/mol. The van der Waals surface area contributed by atoms with Gasteiger partial charge in [0.25, 0.3) is 11.4 Å². The van der Waals surface area contributed by atoms with Gasteiger partial charge in [0.15, 0.2) is 12.6 Å². The molecule has 10 aromatic rings. The molecule has 0 fully saturated rings. The van der Waals surface area contributed by atoms with Crippen LogP contribution in [0.1, 0.15) is 108 Å². The van der Waals surface area contributed by atoms with E-state index in [1.54, 1.807) is 38.1 Å². The first-order valence-corrected chi connectivity index (χ1v) is 25.9. The fourth-order valence-electron chi connectivity index (χ4n) is 9.72. The number of halogens is 1. The third kappa shape index (κ3) is 17.8. The number of carbonyl (C=O) groups is 3. The maximum Gasteiger partial charge on any atom is 0.282 e. The van der Waals surface area contributed by atoms with Crippen molar-refractivity contribution in [1.29, 1.82) is 0 Å². The topological polar surface area (TPSA) is 282 Å². The number of alkyl halides is 1. The Bertz CT molecular complexity index is 4030. The van der Waals surface area contributed by atoms with Gasteiger partial charge in [-0.05, 0) is 130 Å². The molecule has 0 spiro atoms. The van der Waals surface area contributed by atoms with E-state index in [0.717, 1.165) is 47.5 Å². The number of hydrogen-bond acceptors (Lipinski definition) is 11. The number of benzene rings is 6. The van der Waals surface area contributed by atoms with Crippen LogP contribution in [-0.4, -0.2) is 76.2 Å². The van der Waals surface area contributed by atoms with Crippen LogP contribution in [0, 0.1) is 150 Å². The molecule has 17 nitrogen and oxygen atoms in total. The van der Waals surface area contributed by atoms with Gasteiger partial charge in [-0.1, -0.05) is 102 Å². The van der Waals surface area contributed by atoms with Crippen LogP contribution in [0.4, 0.5) is 15.8 Å². The van der Waals surface area contributed by atoms with Gasteiger partial charge in [0, 0.05) is 146 Å². The molecule has 4 heterocycles. The van der Waals surface area contributed by atoms with Crippen LogP contribution >= 0.6 is 0 Å². The molecular weight excluding hydrogens is 1510 g/mol. The van der Waals surface area contributed by atoms with Crippen molar-refractivity contribution in [1.82, 2.24) is 19.9 Å². The van der Waals surface area contributed by atoms with Gasteiger partial charge in [-0.25, -0.2) is 0 Å². The third-order valence-electron chi connectivity index (χ3n) is 13.7. The minimum Gasteiger partial charge on any atom is -0.392 e. The minimum absolute atomic E-state index is 0. The molecule has 438 valence electrons. The first-order chi connectivity index (χ1) is 40.5. The number of aryl methyl sites for hydroxylation is 6. The first-order valence-electron chi connectivity index (χ1n) is 26.9. The smallest absolute Gasteiger partial charge is 0.282 e. The number of aliphatic hydroxyl groups is 4. The van der Waals surface area contributed by atoms with E-state index >= 15 is 0 Å². The van der Waals surface area contributed by atoms with E-state index in [9.17, 15) is 44.1 Å². The molecule has 2 aliphatic carbocycles. The molecule has 0 saturated heterocycles. The molecule has 0 aliphatic heterocycles. The number of fused-ring (bicyclic) bond motifs is 6. The zero-order chi connectivity index (χ0) is 61.8. The number of aromatic nitrogens is 4. The number of H-pyrrole nitrogens is 4. The van der Waals surface area contributed by atoms with Crippen LogP contribution in [0.15, 0.2) is 121 Å². The van der Waals surface area contributed by atoms with Gasteiger partial charge < -0.3 is 40.4 Å². The molecule has 0 saturated carbocycles. The van der Waals surface area contributed by atoms with Gasteiger partial charge in [-0.15, -0.1) is 0 Å². The van der Waals surface area contributed by atoms with E-state index < -0.39 is 9.85 Å². The fourth-order valence-corrected chi connectivity index (χ4v) is 9.72. The number of nitrogens with zero attached hydrogens (tertiary/aromatic N) is 2. The van der Waals surface area contributed by atoms with Crippen molar-refractivity contribution in [3.63, 3.8) is 0 Å². The maximum atomic E-state index is 11.0. The van der Waals surface area contributed by atoms with E-state index in [1.165, 1.54) is 57.2 Å². The van der Waals surface area contributed by atoms with Gasteiger partial charge in [-0.2, -0.15) is 0 Å². The van der Waals surface area contributed by atoms with Crippen molar-refractivity contribution in [2.75, 3.05) is 7.18 Å². The molecule has 0 unspecified atom stereocenters. The summed E-state index contributed by atoms with van der Waals surface area (Å²) in [6.07, 6.45) is 12.5. The molecule has 20 heteroatoms. The van der Waals surface area contributed by atoms with Gasteiger partial charge in [0.1, 0.15) is 6.29 Å². The number of nitrogens with one attached hydrogen (secondary N) is 4. The molecule has 0 amide bonds. The second-order valence-corrected chi connectivity index (χ2v) is 19.4. The summed E-state index contributed by atoms with van der Waals surface area (Å²) in [6.45, 7) is 10.4. The molecule has 4 aromatic heterocycles. The molecule has 8 N–H and O–H groups in total. The summed E-state index contributed by atoms with van der Waals surface area (Å²) >= 11 is 0. The summed E-state index contributed by atoms with van der Waals surface area (Å²) in [4.78, 5) is 65.2. The summed E-state index contributed by atoms with van der Waals surface area (Å²) in [5.41, 5.74) is 17.6. The number of nitro groups is 2. The number of allylic oxidation sites excluding steroid dienone is 2. The van der Waals surface area contributed by atoms with E-state index in [0.29, 0.717) is 69.2 Å². The summed E-state index contributed by atoms with van der Waals surface area (Å²) in [7, 11) is 1.75. The van der Waals surface area contributed by atoms with Crippen molar-refractivity contribution in [2.45, 2.75) is 88.2 Å². The molecule has 12 rings (SSSR count). The third-order valence-corrected chi connectivity index (χ3v) is 13.7. The summed E-state index contributed by atoms with van der Waals surface area (Å²) < 4.78 is 15.2. The largest absolute Gasteiger partial charge is 0.392 e. The van der Waals surface area contributed by atoms with Crippen LogP contribution in [0.3, 0.4) is 0 Å². The normalized spacial score (nSPS) is 11.1. The van der Waals surface area contributed by atoms with E-state index in [1.807, 2.05) is 37.4 Å². The SMILES string of the molecule is CF.Cc1ccc2[nH]c(CO)c(C=O)c2c1.Cc1ccc2[nH]c(CO)c(C=O)c2c1[N+](=O)[O-].Cc1ccc2[nH]c(CO)c(CO)c2c1[N+](=O)[O-].Cc1ccc2[nH]ccc2c1.Cc1ccc2c(c1)C=C(C=O)C2.Cc1ccc2c(c1)C=CC2.[2H][13CH3].[Ac].[Ac]. The van der Waals surface area contributed by atoms with Crippen LogP contribution in [0.2, 0.25) is 0 Å². The summed E-state index contributed by atoms with van der Waals surface area (Å²) in [6, 6.07) is 33.8. The van der Waals surface area contributed by atoms with Crippen LogP contribution in [0.25, 0.3) is 55.8 Å². The molecule has 85 heavy (non-hydrogen) atoms. The maximum absolute atomic E-state index is 11.0. The first kappa shape index (κ1) is 70.9. The Labute approximate surface area is 564 Å². The van der Waals surface area contributed by atoms with Crippen molar-refractivity contribution >= 4 is 86.0 Å². The summed E-state index contributed by atoms with van der Waals surface area (Å²) in [5.74, 6) is 0. The molecule has 6 aromatic carbocycles. The Balaban J connectivity index is 0.000000268. The second-order valence-electron chi connectivity index (χ2n) is 19.4. The zero-order valence-electron chi connectivity index (χ0n) is 49.7. The van der Waals surface area contributed by atoms with Crippen molar-refractivity contribution in [2.24, 2.45) is 0 Å². The van der Waals surface area contributed by atoms with Crippen molar-refractivity contribution < 1.29 is 139 Å². The number of aliphatic hydroxyl groups excluding tert-OH is 4. The van der Waals surface area contributed by atoms with Gasteiger partial charge in [0.05, 0.1) is 82.2 Å². The number of aldehydes is 3. The molecule has 2 aliphatic rings. The Hall–Kier alpha value is -6.58. The Kier molecular flexibility index (Phi) is 28.8. The number of hydrogen-bond donors (Lipinski definition) is 8. The molecule has 2 radical (unpaired) electrons. The van der Waals surface area contributed by atoms with Crippen molar-refractivity contribution in [3.05, 3.63) is 231 Å². The Morgan fingerprint density at radius 2 is 1.05 bits per heavy atom. The number of rotatable bonds is 9. The second kappa shape index (κ2) is 34.5. The zero-order valence-corrected chi connectivity index (χ0v) is 58.2. The predicted octanol–water partition coefficient (Wildman–Crippen LogP) is 13.2. The van der Waals surface area contributed by atoms with E-state index in [4.69, 9.17) is 16.7 Å². The molecular formula is C65H69Ac2FN6O11. The number of carbonyl (C=O) groups excluding carboxylic acids is 3. The van der Waals surface area contributed by atoms with Crippen LogP contribution in [0.5, 0.6) is 0 Å². The summed E-state index contributed by atoms with van der Waals surface area (Å²) in [5, 5.41) is 61.4. The quantitative estimate of drug-likeness (QED) is 0.0291.